The van der Waals surface area contributed by atoms with Crippen LogP contribution >= 0.6 is 11.3 Å². The van der Waals surface area contributed by atoms with E-state index in [1.807, 2.05) is 0 Å². The first-order valence-corrected chi connectivity index (χ1v) is 7.13. The third kappa shape index (κ3) is 2.83. The van der Waals surface area contributed by atoms with Gasteiger partial charge in [0.05, 0.1) is 31.6 Å². The summed E-state index contributed by atoms with van der Waals surface area (Å²) in [5.41, 5.74) is 6.74. The Kier molecular flexibility index (Phi) is 4.94. The SMILES string of the molecule is CCC1COCCN1c1nc(COC)c(CN)s1. The van der Waals surface area contributed by atoms with E-state index in [-0.39, 0.29) is 0 Å². The minimum atomic E-state index is 0.422. The first-order chi connectivity index (χ1) is 8.80. The number of aromatic nitrogens is 1. The van der Waals surface area contributed by atoms with Crippen LogP contribution in [-0.4, -0.2) is 37.9 Å². The molecular weight excluding hydrogens is 250 g/mol. The van der Waals surface area contributed by atoms with Gasteiger partial charge in [0.15, 0.2) is 5.13 Å². The van der Waals surface area contributed by atoms with Gasteiger partial charge in [-0.05, 0) is 6.42 Å². The molecule has 0 bridgehead atoms. The van der Waals surface area contributed by atoms with Crippen LogP contribution in [0.25, 0.3) is 0 Å². The van der Waals surface area contributed by atoms with Crippen LogP contribution in [0.3, 0.4) is 0 Å². The number of rotatable bonds is 5. The number of ether oxygens (including phenoxy) is 2. The second kappa shape index (κ2) is 6.47. The van der Waals surface area contributed by atoms with Gasteiger partial charge in [-0.3, -0.25) is 0 Å². The van der Waals surface area contributed by atoms with Gasteiger partial charge in [-0.15, -0.1) is 11.3 Å². The van der Waals surface area contributed by atoms with Crippen molar-refractivity contribution in [3.8, 4) is 0 Å². The molecule has 1 aromatic heterocycles. The lowest BCUT2D eigenvalue weighted by Gasteiger charge is -2.34. The van der Waals surface area contributed by atoms with Crippen LogP contribution in [0.2, 0.25) is 0 Å². The number of methoxy groups -OCH3 is 1. The summed E-state index contributed by atoms with van der Waals surface area (Å²) in [6, 6.07) is 0.422. The Bertz CT molecular complexity index is 383. The average molecular weight is 271 g/mol. The molecule has 102 valence electrons. The number of anilines is 1. The van der Waals surface area contributed by atoms with Gasteiger partial charge >= 0.3 is 0 Å². The fourth-order valence-corrected chi connectivity index (χ4v) is 3.19. The molecule has 0 spiro atoms. The normalized spacial score (nSPS) is 20.4. The smallest absolute Gasteiger partial charge is 0.186 e. The molecule has 2 N–H and O–H groups in total. The largest absolute Gasteiger partial charge is 0.378 e. The summed E-state index contributed by atoms with van der Waals surface area (Å²) in [5.74, 6) is 0. The van der Waals surface area contributed by atoms with Gasteiger partial charge in [0.1, 0.15) is 0 Å². The molecule has 1 unspecified atom stereocenters. The van der Waals surface area contributed by atoms with Crippen LogP contribution < -0.4 is 10.6 Å². The lowest BCUT2D eigenvalue weighted by molar-refractivity contribution is 0.0929. The molecule has 2 heterocycles. The quantitative estimate of drug-likeness (QED) is 0.876. The third-order valence-corrected chi connectivity index (χ3v) is 4.33. The molecule has 0 radical (unpaired) electrons. The minimum absolute atomic E-state index is 0.422. The molecule has 6 heteroatoms. The predicted octanol–water partition coefficient (Wildman–Crippen LogP) is 1.36. The predicted molar refractivity (Wildman–Crippen MR) is 73.0 cm³/mol. The second-order valence-electron chi connectivity index (χ2n) is 4.33. The van der Waals surface area contributed by atoms with Gasteiger partial charge in [-0.2, -0.15) is 0 Å². The van der Waals surface area contributed by atoms with Gasteiger partial charge in [0, 0.05) is 25.1 Å². The van der Waals surface area contributed by atoms with Crippen molar-refractivity contribution in [3.63, 3.8) is 0 Å². The number of hydrogen-bond acceptors (Lipinski definition) is 6. The standard InChI is InChI=1S/C12H21N3O2S/c1-3-9-7-17-5-4-15(9)12-14-10(8-16-2)11(6-13)18-12/h9H,3-8,13H2,1-2H3. The van der Waals surface area contributed by atoms with E-state index in [9.17, 15) is 0 Å². The maximum Gasteiger partial charge on any atom is 0.186 e. The van der Waals surface area contributed by atoms with Crippen LogP contribution in [0.15, 0.2) is 0 Å². The van der Waals surface area contributed by atoms with Crippen molar-refractivity contribution in [1.29, 1.82) is 0 Å². The summed E-state index contributed by atoms with van der Waals surface area (Å²) in [5, 5.41) is 1.05. The molecule has 1 aliphatic heterocycles. The second-order valence-corrected chi connectivity index (χ2v) is 5.40. The van der Waals surface area contributed by atoms with E-state index in [4.69, 9.17) is 15.2 Å². The van der Waals surface area contributed by atoms with E-state index < -0.39 is 0 Å². The highest BCUT2D eigenvalue weighted by atomic mass is 32.1. The van der Waals surface area contributed by atoms with Crippen molar-refractivity contribution in [2.45, 2.75) is 32.5 Å². The van der Waals surface area contributed by atoms with E-state index in [0.29, 0.717) is 19.2 Å². The zero-order valence-corrected chi connectivity index (χ0v) is 11.8. The van der Waals surface area contributed by atoms with Crippen LogP contribution in [0.4, 0.5) is 5.13 Å². The summed E-state index contributed by atoms with van der Waals surface area (Å²) < 4.78 is 10.7. The van der Waals surface area contributed by atoms with Crippen molar-refractivity contribution in [3.05, 3.63) is 10.6 Å². The molecule has 0 amide bonds. The van der Waals surface area contributed by atoms with E-state index in [1.165, 1.54) is 0 Å². The Hall–Kier alpha value is -0.690. The molecule has 0 aromatic carbocycles. The molecule has 1 saturated heterocycles. The fraction of sp³-hybridized carbons (Fsp3) is 0.750. The van der Waals surface area contributed by atoms with Crippen molar-refractivity contribution < 1.29 is 9.47 Å². The minimum Gasteiger partial charge on any atom is -0.378 e. The Labute approximate surface area is 112 Å². The Balaban J connectivity index is 2.20. The van der Waals surface area contributed by atoms with Crippen LogP contribution in [-0.2, 0) is 22.6 Å². The average Bonchev–Trinajstić information content (AvgIpc) is 2.82. The maximum atomic E-state index is 5.76. The molecule has 1 aliphatic rings. The number of nitrogens with zero attached hydrogens (tertiary/aromatic N) is 2. The molecule has 0 aliphatic carbocycles. The Morgan fingerprint density at radius 2 is 2.44 bits per heavy atom. The van der Waals surface area contributed by atoms with Gasteiger partial charge in [0.25, 0.3) is 0 Å². The number of hydrogen-bond donors (Lipinski definition) is 1. The summed E-state index contributed by atoms with van der Waals surface area (Å²) in [7, 11) is 1.68. The molecule has 2 rings (SSSR count). The van der Waals surface area contributed by atoms with E-state index in [1.54, 1.807) is 18.4 Å². The first-order valence-electron chi connectivity index (χ1n) is 6.32. The van der Waals surface area contributed by atoms with Gasteiger partial charge in [-0.1, -0.05) is 6.92 Å². The number of nitrogens with two attached hydrogens (primary N) is 1. The first kappa shape index (κ1) is 13.7. The molecule has 5 nitrogen and oxygen atoms in total. The number of morpholine rings is 1. The van der Waals surface area contributed by atoms with E-state index in [2.05, 4.69) is 16.8 Å². The Morgan fingerprint density at radius 1 is 1.61 bits per heavy atom. The fourth-order valence-electron chi connectivity index (χ4n) is 2.15. The molecule has 18 heavy (non-hydrogen) atoms. The number of thiazole rings is 1. The monoisotopic (exact) mass is 271 g/mol. The maximum absolute atomic E-state index is 5.76. The van der Waals surface area contributed by atoms with Gasteiger partial charge in [-0.25, -0.2) is 4.98 Å². The highest BCUT2D eigenvalue weighted by Gasteiger charge is 2.25. The highest BCUT2D eigenvalue weighted by molar-refractivity contribution is 7.15. The molecule has 1 atom stereocenters. The van der Waals surface area contributed by atoms with Crippen LogP contribution in [0.5, 0.6) is 0 Å². The lowest BCUT2D eigenvalue weighted by Crippen LogP contribution is -2.45. The Morgan fingerprint density at radius 3 is 3.11 bits per heavy atom. The summed E-state index contributed by atoms with van der Waals surface area (Å²) in [6.07, 6.45) is 1.07. The van der Waals surface area contributed by atoms with Crippen molar-refractivity contribution >= 4 is 16.5 Å². The topological polar surface area (TPSA) is 60.6 Å². The summed E-state index contributed by atoms with van der Waals surface area (Å²) >= 11 is 1.68. The zero-order chi connectivity index (χ0) is 13.0. The van der Waals surface area contributed by atoms with Gasteiger partial charge in [0.2, 0.25) is 0 Å². The molecule has 1 aromatic rings. The van der Waals surface area contributed by atoms with E-state index >= 15 is 0 Å². The van der Waals surface area contributed by atoms with Crippen molar-refractivity contribution in [1.82, 2.24) is 4.98 Å². The van der Waals surface area contributed by atoms with Crippen LogP contribution in [0.1, 0.15) is 23.9 Å². The van der Waals surface area contributed by atoms with Gasteiger partial charge < -0.3 is 20.1 Å². The summed E-state index contributed by atoms with van der Waals surface area (Å²) in [6.45, 7) is 5.70. The lowest BCUT2D eigenvalue weighted by atomic mass is 10.2. The summed E-state index contributed by atoms with van der Waals surface area (Å²) in [4.78, 5) is 8.13. The van der Waals surface area contributed by atoms with E-state index in [0.717, 1.165) is 41.9 Å². The zero-order valence-electron chi connectivity index (χ0n) is 11.0. The highest BCUT2D eigenvalue weighted by Crippen LogP contribution is 2.29. The van der Waals surface area contributed by atoms with Crippen molar-refractivity contribution in [2.75, 3.05) is 31.8 Å². The molecular formula is C12H21N3O2S. The molecule has 0 saturated carbocycles. The van der Waals surface area contributed by atoms with Crippen molar-refractivity contribution in [2.24, 2.45) is 5.73 Å². The molecule has 1 fully saturated rings. The van der Waals surface area contributed by atoms with Crippen LogP contribution in [0, 0.1) is 0 Å². The third-order valence-electron chi connectivity index (χ3n) is 3.18.